The molecule has 0 aliphatic heterocycles. The molecule has 0 fully saturated rings. The predicted octanol–water partition coefficient (Wildman–Crippen LogP) is 4.04. The molecule has 2 aromatic heterocycles. The van der Waals surface area contributed by atoms with Crippen LogP contribution in [0.15, 0.2) is 60.8 Å². The molecule has 0 aliphatic rings. The summed E-state index contributed by atoms with van der Waals surface area (Å²) in [6.45, 7) is 1.48. The Hall–Kier alpha value is -3.87. The number of fused-ring (bicyclic) bond motifs is 1. The molecule has 4 rings (SSSR count). The predicted molar refractivity (Wildman–Crippen MR) is 111 cm³/mol. The summed E-state index contributed by atoms with van der Waals surface area (Å²) in [5.41, 5.74) is 4.99. The second-order valence-corrected chi connectivity index (χ2v) is 6.46. The summed E-state index contributed by atoms with van der Waals surface area (Å²) in [5.74, 6) is 1.21. The van der Waals surface area contributed by atoms with Crippen LogP contribution in [0, 0.1) is 0 Å². The van der Waals surface area contributed by atoms with Crippen LogP contribution in [0.3, 0.4) is 0 Å². The lowest BCUT2D eigenvalue weighted by atomic mass is 10.1. The van der Waals surface area contributed by atoms with Crippen LogP contribution >= 0.6 is 0 Å². The third kappa shape index (κ3) is 3.62. The Labute approximate surface area is 167 Å². The maximum Gasteiger partial charge on any atom is 0.221 e. The quantitative estimate of drug-likeness (QED) is 0.558. The second kappa shape index (κ2) is 7.63. The van der Waals surface area contributed by atoms with E-state index in [1.807, 2.05) is 54.6 Å². The highest BCUT2D eigenvalue weighted by Gasteiger charge is 2.11. The molecule has 2 aromatic carbocycles. The van der Waals surface area contributed by atoms with Gasteiger partial charge in [-0.25, -0.2) is 9.50 Å². The zero-order valence-electron chi connectivity index (χ0n) is 16.3. The van der Waals surface area contributed by atoms with Gasteiger partial charge in [0.15, 0.2) is 17.1 Å². The zero-order chi connectivity index (χ0) is 20.4. The third-order valence-electron chi connectivity index (χ3n) is 4.54. The number of rotatable bonds is 5. The first kappa shape index (κ1) is 18.5. The fourth-order valence-corrected chi connectivity index (χ4v) is 3.15. The van der Waals surface area contributed by atoms with E-state index in [4.69, 9.17) is 14.6 Å². The number of methoxy groups -OCH3 is 2. The monoisotopic (exact) mass is 388 g/mol. The minimum atomic E-state index is -0.103. The van der Waals surface area contributed by atoms with E-state index < -0.39 is 0 Å². The van der Waals surface area contributed by atoms with Gasteiger partial charge in [-0.05, 0) is 42.5 Å². The number of carbonyl (C=O) groups is 1. The fraction of sp³-hybridized carbons (Fsp3) is 0.136. The zero-order valence-corrected chi connectivity index (χ0v) is 16.3. The number of carbonyl (C=O) groups excluding carboxylic acids is 1. The van der Waals surface area contributed by atoms with Crippen molar-refractivity contribution in [3.8, 4) is 34.0 Å². The summed E-state index contributed by atoms with van der Waals surface area (Å²) in [4.78, 5) is 15.7. The topological polar surface area (TPSA) is 77.8 Å². The summed E-state index contributed by atoms with van der Waals surface area (Å²) in [5, 5.41) is 7.54. The van der Waals surface area contributed by atoms with Gasteiger partial charge in [-0.3, -0.25) is 4.79 Å². The summed E-state index contributed by atoms with van der Waals surface area (Å²) >= 11 is 0. The Morgan fingerprint density at radius 2 is 1.66 bits per heavy atom. The lowest BCUT2D eigenvalue weighted by Gasteiger charge is -2.10. The van der Waals surface area contributed by atoms with Crippen LogP contribution in [0.25, 0.3) is 28.2 Å². The van der Waals surface area contributed by atoms with Crippen LogP contribution in [0.1, 0.15) is 6.92 Å². The molecule has 0 spiro atoms. The van der Waals surface area contributed by atoms with Crippen molar-refractivity contribution in [2.45, 2.75) is 6.92 Å². The Morgan fingerprint density at radius 3 is 2.34 bits per heavy atom. The van der Waals surface area contributed by atoms with Gasteiger partial charge in [0.25, 0.3) is 0 Å². The molecule has 146 valence electrons. The van der Waals surface area contributed by atoms with Gasteiger partial charge < -0.3 is 14.8 Å². The van der Waals surface area contributed by atoms with Crippen molar-refractivity contribution in [2.24, 2.45) is 0 Å². The van der Waals surface area contributed by atoms with Gasteiger partial charge in [0, 0.05) is 23.7 Å². The normalized spacial score (nSPS) is 10.7. The van der Waals surface area contributed by atoms with Crippen LogP contribution in [0.2, 0.25) is 0 Å². The lowest BCUT2D eigenvalue weighted by molar-refractivity contribution is -0.114. The van der Waals surface area contributed by atoms with Gasteiger partial charge in [-0.1, -0.05) is 12.1 Å². The largest absolute Gasteiger partial charge is 0.493 e. The number of nitrogens with one attached hydrogen (secondary N) is 1. The Morgan fingerprint density at radius 1 is 0.931 bits per heavy atom. The van der Waals surface area contributed by atoms with Crippen molar-refractivity contribution in [1.82, 2.24) is 14.6 Å². The van der Waals surface area contributed by atoms with Crippen LogP contribution in [-0.4, -0.2) is 34.7 Å². The summed E-state index contributed by atoms with van der Waals surface area (Å²) in [6.07, 6.45) is 1.79. The molecule has 0 atom stereocenters. The van der Waals surface area contributed by atoms with E-state index in [-0.39, 0.29) is 5.91 Å². The molecule has 7 nitrogen and oxygen atoms in total. The van der Waals surface area contributed by atoms with Crippen molar-refractivity contribution in [2.75, 3.05) is 19.5 Å². The number of imidazole rings is 1. The second-order valence-electron chi connectivity index (χ2n) is 6.46. The van der Waals surface area contributed by atoms with Crippen LogP contribution in [0.4, 0.5) is 5.69 Å². The average Bonchev–Trinajstić information content (AvgIpc) is 3.16. The lowest BCUT2D eigenvalue weighted by Crippen LogP contribution is -2.05. The van der Waals surface area contributed by atoms with E-state index in [0.29, 0.717) is 11.5 Å². The van der Waals surface area contributed by atoms with Crippen LogP contribution in [-0.2, 0) is 4.79 Å². The van der Waals surface area contributed by atoms with Gasteiger partial charge in [-0.15, -0.1) is 0 Å². The van der Waals surface area contributed by atoms with Gasteiger partial charge >= 0.3 is 0 Å². The average molecular weight is 388 g/mol. The first-order chi connectivity index (χ1) is 14.1. The Kier molecular flexibility index (Phi) is 4.87. The number of amides is 1. The van der Waals surface area contributed by atoms with Gasteiger partial charge in [0.2, 0.25) is 5.91 Å². The molecular weight excluding hydrogens is 368 g/mol. The molecule has 29 heavy (non-hydrogen) atoms. The summed E-state index contributed by atoms with van der Waals surface area (Å²) < 4.78 is 12.5. The SMILES string of the molecule is COc1ccc(-c2ccc3ncc(-c4ccc(NC(C)=O)cc4)n3n2)cc1OC. The fourth-order valence-electron chi connectivity index (χ4n) is 3.15. The van der Waals surface area contributed by atoms with E-state index in [1.54, 1.807) is 24.9 Å². The summed E-state index contributed by atoms with van der Waals surface area (Å²) in [6, 6.07) is 17.1. The highest BCUT2D eigenvalue weighted by molar-refractivity contribution is 5.89. The Bertz CT molecular complexity index is 1180. The number of hydrogen-bond acceptors (Lipinski definition) is 5. The molecule has 2 heterocycles. The number of anilines is 1. The first-order valence-corrected chi connectivity index (χ1v) is 9.04. The molecule has 1 N–H and O–H groups in total. The van der Waals surface area contributed by atoms with Crippen LogP contribution in [0.5, 0.6) is 11.5 Å². The van der Waals surface area contributed by atoms with Gasteiger partial charge in [0.1, 0.15) is 0 Å². The maximum absolute atomic E-state index is 11.2. The molecule has 0 bridgehead atoms. The number of ether oxygens (including phenoxy) is 2. The van der Waals surface area contributed by atoms with Crippen molar-refractivity contribution in [3.63, 3.8) is 0 Å². The molecule has 1 amide bonds. The van der Waals surface area contributed by atoms with Gasteiger partial charge in [-0.2, -0.15) is 5.10 Å². The highest BCUT2D eigenvalue weighted by Crippen LogP contribution is 2.32. The molecule has 0 aliphatic carbocycles. The van der Waals surface area contributed by atoms with E-state index in [0.717, 1.165) is 33.8 Å². The number of benzene rings is 2. The van der Waals surface area contributed by atoms with Crippen molar-refractivity contribution in [3.05, 3.63) is 60.8 Å². The number of nitrogens with zero attached hydrogens (tertiary/aromatic N) is 3. The van der Waals surface area contributed by atoms with E-state index in [2.05, 4.69) is 10.3 Å². The smallest absolute Gasteiger partial charge is 0.221 e. The minimum absolute atomic E-state index is 0.103. The highest BCUT2D eigenvalue weighted by atomic mass is 16.5. The number of hydrogen-bond donors (Lipinski definition) is 1. The molecule has 0 saturated heterocycles. The van der Waals surface area contributed by atoms with Crippen molar-refractivity contribution >= 4 is 17.2 Å². The first-order valence-electron chi connectivity index (χ1n) is 9.04. The van der Waals surface area contributed by atoms with E-state index in [9.17, 15) is 4.79 Å². The standard InChI is InChI=1S/C22H20N4O3/c1-14(27)24-17-7-4-15(5-8-17)19-13-23-22-11-9-18(25-26(19)22)16-6-10-20(28-2)21(12-16)29-3/h4-13H,1-3H3,(H,24,27). The van der Waals surface area contributed by atoms with Gasteiger partial charge in [0.05, 0.1) is 31.8 Å². The van der Waals surface area contributed by atoms with Crippen LogP contribution < -0.4 is 14.8 Å². The molecule has 0 radical (unpaired) electrons. The maximum atomic E-state index is 11.2. The molecular formula is C22H20N4O3. The van der Waals surface area contributed by atoms with E-state index >= 15 is 0 Å². The Balaban J connectivity index is 1.74. The van der Waals surface area contributed by atoms with Crippen molar-refractivity contribution in [1.29, 1.82) is 0 Å². The number of aromatic nitrogens is 3. The van der Waals surface area contributed by atoms with Crippen molar-refractivity contribution < 1.29 is 14.3 Å². The molecule has 0 saturated carbocycles. The minimum Gasteiger partial charge on any atom is -0.493 e. The third-order valence-corrected chi connectivity index (χ3v) is 4.54. The molecule has 7 heteroatoms. The summed E-state index contributed by atoms with van der Waals surface area (Å²) in [7, 11) is 3.22. The molecule has 0 unspecified atom stereocenters. The van der Waals surface area contributed by atoms with E-state index in [1.165, 1.54) is 6.92 Å². The molecule has 4 aromatic rings.